The average Bonchev–Trinajstić information content (AvgIpc) is 3.91. The quantitative estimate of drug-likeness (QED) is 0.229. The Morgan fingerprint density at radius 2 is 1.67 bits per heavy atom. The number of aliphatic hydroxyl groups excluding tert-OH is 2. The average molecular weight is 912 g/mol. The Labute approximate surface area is 381 Å². The van der Waals surface area contributed by atoms with Gasteiger partial charge in [0, 0.05) is 72.5 Å². The lowest BCUT2D eigenvalue weighted by molar-refractivity contribution is -0.235. The third-order valence-corrected chi connectivity index (χ3v) is 15.4. The maximum atomic E-state index is 17.8. The van der Waals surface area contributed by atoms with Crippen molar-refractivity contribution in [1.29, 1.82) is 0 Å². The number of imide groups is 1. The number of hydrogen-bond acceptors (Lipinski definition) is 11. The minimum absolute atomic E-state index is 0.000731. The molecular weight excluding hydrogens is 857 g/mol. The number of nitrogens with one attached hydrogen (secondary N) is 1. The maximum Gasteiger partial charge on any atom is 0.253 e. The van der Waals surface area contributed by atoms with Crippen molar-refractivity contribution < 1.29 is 62.0 Å². The number of halogens is 2. The molecule has 12 atom stereocenters. The molecule has 2 aliphatic heterocycles. The van der Waals surface area contributed by atoms with E-state index in [2.05, 4.69) is 5.32 Å². The summed E-state index contributed by atoms with van der Waals surface area (Å²) in [6.45, 7) is 5.40. The Morgan fingerprint density at radius 1 is 0.970 bits per heavy atom. The highest BCUT2D eigenvalue weighted by Gasteiger charge is 2.80. The van der Waals surface area contributed by atoms with E-state index in [0.717, 1.165) is 34.3 Å². The summed E-state index contributed by atoms with van der Waals surface area (Å²) in [4.78, 5) is 91.0. The van der Waals surface area contributed by atoms with Gasteiger partial charge in [-0.2, -0.15) is 0 Å². The van der Waals surface area contributed by atoms with Crippen LogP contribution < -0.4 is 10.2 Å². The Kier molecular flexibility index (Phi) is 12.3. The van der Waals surface area contributed by atoms with E-state index in [1.54, 1.807) is 46.0 Å². The van der Waals surface area contributed by atoms with E-state index in [4.69, 9.17) is 9.47 Å². The Balaban J connectivity index is 0.900. The van der Waals surface area contributed by atoms with Crippen LogP contribution in [-0.2, 0) is 49.5 Å². The third-order valence-electron chi connectivity index (χ3n) is 15.4. The van der Waals surface area contributed by atoms with Crippen LogP contribution in [0.2, 0.25) is 0 Å². The Morgan fingerprint density at radius 3 is 2.35 bits per heavy atom. The first-order valence-corrected chi connectivity index (χ1v) is 22.4. The van der Waals surface area contributed by atoms with Gasteiger partial charge in [-0.15, -0.1) is 0 Å². The number of likely N-dealkylation sites (N-methyl/N-ethyl adjacent to an activating group) is 1. The van der Waals surface area contributed by atoms with Crippen molar-refractivity contribution in [3.05, 3.63) is 101 Å². The summed E-state index contributed by atoms with van der Waals surface area (Å²) in [5.74, 6) is -5.75. The fourth-order valence-electron chi connectivity index (χ4n) is 11.9. The van der Waals surface area contributed by atoms with Crippen LogP contribution in [0.4, 0.5) is 14.5 Å². The molecule has 14 nitrogen and oxygen atoms in total. The number of carbonyl (C=O) groups excluding carboxylic acids is 7. The summed E-state index contributed by atoms with van der Waals surface area (Å²) in [7, 11) is 1.59. The minimum Gasteiger partial charge on any atom is -0.390 e. The molecule has 3 saturated carbocycles. The molecule has 4 fully saturated rings. The minimum atomic E-state index is -2.35. The van der Waals surface area contributed by atoms with Crippen molar-refractivity contribution in [2.75, 3.05) is 25.1 Å². The summed E-state index contributed by atoms with van der Waals surface area (Å²) in [6, 6.07) is 13.7. The standard InChI is InChI=1S/C50H55F2N3O11/c1-27(19-34(58)16-18-55-42(61)13-14-43(55)62)44(63)53-28(2)45(64)54(5)32-8-6-7-30(21-32)20-29-9-11-31(12-10-29)46-65-41-24-35-36-23-38(51)37-22-33(57)15-17-47(37,3)49(36,52)39(59)25-48(35,4)50(41,66-46)40(60)26-56/h6-15,17,21-22,27-28,35-36,38-39,41,46,56,59H,16,18-20,23-26H2,1-5H3,(H,53,63)/t27-,28+,35+,36+,38+,39+,41-,46-,47+,48+,49+,50-/m1/s1. The van der Waals surface area contributed by atoms with Gasteiger partial charge in [0.25, 0.3) is 11.8 Å². The van der Waals surface area contributed by atoms with E-state index in [9.17, 15) is 43.8 Å². The van der Waals surface area contributed by atoms with Gasteiger partial charge in [0.05, 0.1) is 12.2 Å². The van der Waals surface area contributed by atoms with E-state index in [1.807, 2.05) is 30.3 Å². The zero-order valence-electron chi connectivity index (χ0n) is 37.5. The van der Waals surface area contributed by atoms with Crippen LogP contribution in [0.3, 0.4) is 0 Å². The molecule has 0 radical (unpaired) electrons. The van der Waals surface area contributed by atoms with Crippen LogP contribution in [0.5, 0.6) is 0 Å². The van der Waals surface area contributed by atoms with Gasteiger partial charge in [0.2, 0.25) is 11.8 Å². The molecule has 0 aromatic heterocycles. The molecule has 1 saturated heterocycles. The fourth-order valence-corrected chi connectivity index (χ4v) is 11.9. The van der Waals surface area contributed by atoms with E-state index in [1.165, 1.54) is 24.0 Å². The molecule has 0 bridgehead atoms. The van der Waals surface area contributed by atoms with Crippen molar-refractivity contribution in [3.63, 3.8) is 0 Å². The van der Waals surface area contributed by atoms with Crippen LogP contribution in [0, 0.1) is 28.6 Å². The van der Waals surface area contributed by atoms with Gasteiger partial charge in [0.1, 0.15) is 24.6 Å². The molecule has 16 heteroatoms. The topological polar surface area (TPSA) is 197 Å². The number of carbonyl (C=O) groups is 7. The molecule has 2 aromatic carbocycles. The summed E-state index contributed by atoms with van der Waals surface area (Å²) in [5, 5.41) is 24.8. The second kappa shape index (κ2) is 17.3. The number of Topliss-reactive ketones (excluding diaryl/α,β-unsaturated/α-hetero) is 2. The Hall–Kier alpha value is -5.55. The van der Waals surface area contributed by atoms with Gasteiger partial charge >= 0.3 is 0 Å². The SMILES string of the molecule is C[C@H](CC(=O)CCN1C(=O)C=CC1=O)C(=O)N[C@@H](C)C(=O)N(C)c1cccc(Cc2ccc([C@@H]3O[C@@H]4C[C@H]5[C@@H]6C[C@H](F)C7=CC(=O)C=C[C@]7(C)[C@@]6(F)[C@@H](O)C[C@]5(C)[C@]4(C(=O)CO)O3)cc2)c1. The molecule has 2 aromatic rings. The second-order valence-corrected chi connectivity index (χ2v) is 19.3. The molecule has 350 valence electrons. The van der Waals surface area contributed by atoms with Crippen molar-refractivity contribution in [2.24, 2.45) is 28.6 Å². The number of anilines is 1. The van der Waals surface area contributed by atoms with Gasteiger partial charge in [-0.25, -0.2) is 8.78 Å². The van der Waals surface area contributed by atoms with E-state index < -0.39 is 112 Å². The summed E-state index contributed by atoms with van der Waals surface area (Å²) in [6.07, 6.45) is 0.527. The summed E-state index contributed by atoms with van der Waals surface area (Å²) < 4.78 is 46.9. The number of fused-ring (bicyclic) bond motifs is 7. The van der Waals surface area contributed by atoms with Crippen molar-refractivity contribution in [3.8, 4) is 0 Å². The van der Waals surface area contributed by atoms with Crippen LogP contribution in [-0.4, -0.2) is 112 Å². The van der Waals surface area contributed by atoms with Gasteiger partial charge in [-0.3, -0.25) is 38.5 Å². The highest BCUT2D eigenvalue weighted by Crippen LogP contribution is 2.72. The number of ketones is 3. The van der Waals surface area contributed by atoms with Gasteiger partial charge in [0.15, 0.2) is 29.1 Å². The van der Waals surface area contributed by atoms with Crippen molar-refractivity contribution in [1.82, 2.24) is 10.2 Å². The molecule has 4 amide bonds. The molecule has 3 N–H and O–H groups in total. The first kappa shape index (κ1) is 47.0. The zero-order valence-corrected chi connectivity index (χ0v) is 37.5. The second-order valence-electron chi connectivity index (χ2n) is 19.3. The van der Waals surface area contributed by atoms with Crippen LogP contribution >= 0.6 is 0 Å². The molecule has 0 unspecified atom stereocenters. The fraction of sp³-hybridized carbons (Fsp3) is 0.500. The first-order chi connectivity index (χ1) is 31.2. The number of hydrogen-bond donors (Lipinski definition) is 3. The monoisotopic (exact) mass is 911 g/mol. The molecule has 66 heavy (non-hydrogen) atoms. The third kappa shape index (κ3) is 7.49. The van der Waals surface area contributed by atoms with Crippen LogP contribution in [0.25, 0.3) is 0 Å². The van der Waals surface area contributed by atoms with E-state index in [0.29, 0.717) is 17.7 Å². The largest absolute Gasteiger partial charge is 0.390 e. The van der Waals surface area contributed by atoms with Crippen molar-refractivity contribution in [2.45, 2.75) is 108 Å². The lowest BCUT2D eigenvalue weighted by Gasteiger charge is -2.63. The van der Waals surface area contributed by atoms with Gasteiger partial charge in [-0.05, 0) is 86.4 Å². The van der Waals surface area contributed by atoms with E-state index >= 15 is 8.78 Å². The number of benzene rings is 2. The lowest BCUT2D eigenvalue weighted by atomic mass is 9.44. The smallest absolute Gasteiger partial charge is 0.253 e. The van der Waals surface area contributed by atoms with Gasteiger partial charge in [-0.1, -0.05) is 56.3 Å². The van der Waals surface area contributed by atoms with Gasteiger partial charge < -0.3 is 29.9 Å². The predicted molar refractivity (Wildman–Crippen MR) is 234 cm³/mol. The number of aliphatic hydroxyl groups is 2. The van der Waals surface area contributed by atoms with Crippen LogP contribution in [0.15, 0.2) is 84.5 Å². The highest BCUT2D eigenvalue weighted by molar-refractivity contribution is 6.13. The summed E-state index contributed by atoms with van der Waals surface area (Å²) in [5.41, 5.74) is -4.05. The molecular formula is C50H55F2N3O11. The summed E-state index contributed by atoms with van der Waals surface area (Å²) >= 11 is 0. The molecule has 6 aliphatic rings. The molecule has 8 rings (SSSR count). The van der Waals surface area contributed by atoms with Crippen molar-refractivity contribution >= 4 is 46.7 Å². The zero-order chi connectivity index (χ0) is 47.7. The highest BCUT2D eigenvalue weighted by atomic mass is 19.1. The normalized spacial score (nSPS) is 33.9. The number of ether oxygens (including phenoxy) is 2. The molecule has 0 spiro atoms. The lowest BCUT2D eigenvalue weighted by Crippen LogP contribution is -2.70. The number of rotatable bonds is 14. The van der Waals surface area contributed by atoms with E-state index in [-0.39, 0.29) is 50.0 Å². The predicted octanol–water partition coefficient (Wildman–Crippen LogP) is 4.30. The number of amides is 4. The number of alkyl halides is 2. The number of allylic oxidation sites excluding steroid dienone is 4. The Bertz CT molecular complexity index is 2460. The van der Waals surface area contributed by atoms with Crippen LogP contribution in [0.1, 0.15) is 82.8 Å². The number of nitrogens with zero attached hydrogens (tertiary/aromatic N) is 2. The first-order valence-electron chi connectivity index (χ1n) is 22.4. The molecule has 4 aliphatic carbocycles. The molecule has 2 heterocycles. The maximum absolute atomic E-state index is 17.8.